The molecule has 6 nitrogen and oxygen atoms in total. The zero-order chi connectivity index (χ0) is 23.8. The minimum atomic E-state index is -0.432. The molecule has 2 aliphatic rings. The van der Waals surface area contributed by atoms with E-state index in [0.717, 1.165) is 29.2 Å². The predicted octanol–water partition coefficient (Wildman–Crippen LogP) is 4.21. The van der Waals surface area contributed by atoms with Crippen molar-refractivity contribution >= 4 is 34.6 Å². The number of fused-ring (bicyclic) bond motifs is 1. The van der Waals surface area contributed by atoms with E-state index in [1.54, 1.807) is 30.2 Å². The molecule has 34 heavy (non-hydrogen) atoms. The summed E-state index contributed by atoms with van der Waals surface area (Å²) in [7, 11) is 1.80. The average Bonchev–Trinajstić information content (AvgIpc) is 3.40. The van der Waals surface area contributed by atoms with Crippen LogP contribution in [0.1, 0.15) is 50.0 Å². The molecular weight excluding hydrogens is 446 g/mol. The third-order valence-corrected chi connectivity index (χ3v) is 7.85. The number of hydrogen-bond acceptors (Lipinski definition) is 5. The number of nitrogens with zero attached hydrogens (tertiary/aromatic N) is 3. The fraction of sp³-hybridized carbons (Fsp3) is 0.296. The highest BCUT2D eigenvalue weighted by molar-refractivity contribution is 7.10. The molecule has 0 radical (unpaired) electrons. The van der Waals surface area contributed by atoms with Gasteiger partial charge in [0.05, 0.1) is 12.0 Å². The summed E-state index contributed by atoms with van der Waals surface area (Å²) < 4.78 is 0. The summed E-state index contributed by atoms with van der Waals surface area (Å²) >= 11 is 1.58. The van der Waals surface area contributed by atoms with Crippen molar-refractivity contribution in [3.8, 4) is 0 Å². The lowest BCUT2D eigenvalue weighted by atomic mass is 9.81. The van der Waals surface area contributed by atoms with Crippen LogP contribution in [0.25, 0.3) is 0 Å². The van der Waals surface area contributed by atoms with Gasteiger partial charge in [-0.15, -0.1) is 11.3 Å². The van der Waals surface area contributed by atoms with Crippen molar-refractivity contribution in [3.63, 3.8) is 0 Å². The summed E-state index contributed by atoms with van der Waals surface area (Å²) in [6.45, 7) is 4.23. The van der Waals surface area contributed by atoms with E-state index in [0.29, 0.717) is 24.2 Å². The van der Waals surface area contributed by atoms with Gasteiger partial charge in [0.1, 0.15) is 0 Å². The number of hydrogen-bond donors (Lipinski definition) is 0. The van der Waals surface area contributed by atoms with Gasteiger partial charge in [-0.25, -0.2) is 0 Å². The second-order valence-corrected chi connectivity index (χ2v) is 9.84. The van der Waals surface area contributed by atoms with Crippen LogP contribution in [-0.2, 0) is 4.79 Å². The summed E-state index contributed by atoms with van der Waals surface area (Å²) in [5, 5.41) is 1.99. The first kappa shape index (κ1) is 22.3. The lowest BCUT2D eigenvalue weighted by Crippen LogP contribution is -2.53. The maximum atomic E-state index is 14.0. The molecule has 1 fully saturated rings. The fourth-order valence-corrected chi connectivity index (χ4v) is 5.95. The Morgan fingerprint density at radius 1 is 0.912 bits per heavy atom. The molecule has 3 aromatic rings. The number of thiophene rings is 1. The molecule has 0 spiro atoms. The van der Waals surface area contributed by atoms with Gasteiger partial charge in [-0.2, -0.15) is 0 Å². The lowest BCUT2D eigenvalue weighted by Gasteiger charge is -2.43. The van der Waals surface area contributed by atoms with Gasteiger partial charge in [-0.3, -0.25) is 14.4 Å². The van der Waals surface area contributed by atoms with Crippen LogP contribution < -0.4 is 4.90 Å². The fourth-order valence-electron chi connectivity index (χ4n) is 5.04. The summed E-state index contributed by atoms with van der Waals surface area (Å²) in [5.74, 6) is -0.355. The van der Waals surface area contributed by atoms with E-state index in [1.807, 2.05) is 70.9 Å². The molecule has 1 saturated heterocycles. The number of benzene rings is 2. The minimum Gasteiger partial charge on any atom is -0.368 e. The summed E-state index contributed by atoms with van der Waals surface area (Å²) in [6, 6.07) is 18.8. The summed E-state index contributed by atoms with van der Waals surface area (Å²) in [4.78, 5) is 45.6. The van der Waals surface area contributed by atoms with E-state index < -0.39 is 5.92 Å². The van der Waals surface area contributed by atoms with Crippen LogP contribution in [0, 0.1) is 0 Å². The zero-order valence-corrected chi connectivity index (χ0v) is 20.1. The zero-order valence-electron chi connectivity index (χ0n) is 19.3. The molecule has 2 atom stereocenters. The Hall–Kier alpha value is -3.45. The van der Waals surface area contributed by atoms with Crippen LogP contribution in [0.3, 0.4) is 0 Å². The van der Waals surface area contributed by atoms with Crippen LogP contribution in [0.4, 0.5) is 5.69 Å². The molecule has 5 rings (SSSR count). The average molecular weight is 474 g/mol. The largest absolute Gasteiger partial charge is 0.368 e. The molecule has 2 aromatic carbocycles. The first-order chi connectivity index (χ1) is 16.5. The second-order valence-electron chi connectivity index (χ2n) is 8.86. The SMILES string of the molecule is CC(=O)c1ccc(N2CCN(C(=O)C3c4ccccc4C(=O)N(C)C3c3cccs3)CC2)cc1. The van der Waals surface area contributed by atoms with Crippen LogP contribution in [0.5, 0.6) is 0 Å². The number of rotatable bonds is 4. The molecule has 2 aliphatic heterocycles. The highest BCUT2D eigenvalue weighted by atomic mass is 32.1. The molecule has 3 heterocycles. The molecular formula is C27H27N3O3S. The van der Waals surface area contributed by atoms with Crippen molar-refractivity contribution in [2.75, 3.05) is 38.1 Å². The highest BCUT2D eigenvalue weighted by Crippen LogP contribution is 2.44. The Kier molecular flexibility index (Phi) is 5.96. The number of amides is 2. The smallest absolute Gasteiger partial charge is 0.254 e. The molecule has 1 aromatic heterocycles. The number of anilines is 1. The Labute approximate surface area is 203 Å². The minimum absolute atomic E-state index is 0.0446. The van der Waals surface area contributed by atoms with E-state index in [4.69, 9.17) is 0 Å². The number of carbonyl (C=O) groups is 3. The van der Waals surface area contributed by atoms with Crippen molar-refractivity contribution in [2.24, 2.45) is 0 Å². The van der Waals surface area contributed by atoms with E-state index in [9.17, 15) is 14.4 Å². The summed E-state index contributed by atoms with van der Waals surface area (Å²) in [6.07, 6.45) is 0. The second kappa shape index (κ2) is 9.06. The molecule has 0 N–H and O–H groups in total. The topological polar surface area (TPSA) is 60.9 Å². The third-order valence-electron chi connectivity index (χ3n) is 6.91. The van der Waals surface area contributed by atoms with Crippen LogP contribution >= 0.6 is 11.3 Å². The molecule has 2 unspecified atom stereocenters. The molecule has 2 amide bonds. The molecule has 7 heteroatoms. The number of likely N-dealkylation sites (N-methyl/N-ethyl adjacent to an activating group) is 1. The molecule has 0 saturated carbocycles. The molecule has 0 aliphatic carbocycles. The van der Waals surface area contributed by atoms with Crippen LogP contribution in [-0.4, -0.2) is 60.6 Å². The van der Waals surface area contributed by atoms with Gasteiger partial charge < -0.3 is 14.7 Å². The van der Waals surface area contributed by atoms with Crippen molar-refractivity contribution in [1.82, 2.24) is 9.80 Å². The number of carbonyl (C=O) groups excluding carboxylic acids is 3. The van der Waals surface area contributed by atoms with Crippen LogP contribution in [0.15, 0.2) is 66.0 Å². The van der Waals surface area contributed by atoms with Gasteiger partial charge in [-0.05, 0) is 54.3 Å². The van der Waals surface area contributed by atoms with Gasteiger partial charge in [0.25, 0.3) is 5.91 Å². The lowest BCUT2D eigenvalue weighted by molar-refractivity contribution is -0.134. The summed E-state index contributed by atoms with van der Waals surface area (Å²) in [5.41, 5.74) is 3.19. The standard InChI is InChI=1S/C27H27N3O3S/c1-18(31)19-9-11-20(12-10-19)29-13-15-30(16-14-29)27(33)24-21-6-3-4-7-22(21)26(32)28(2)25(24)23-8-5-17-34-23/h3-12,17,24-25H,13-16H2,1-2H3. The maximum Gasteiger partial charge on any atom is 0.254 e. The number of ketones is 1. The van der Waals surface area contributed by atoms with Gasteiger partial charge in [0.2, 0.25) is 5.91 Å². The van der Waals surface area contributed by atoms with E-state index >= 15 is 0 Å². The van der Waals surface area contributed by atoms with E-state index in [2.05, 4.69) is 4.90 Å². The third kappa shape index (κ3) is 3.90. The van der Waals surface area contributed by atoms with Crippen molar-refractivity contribution in [3.05, 3.63) is 87.6 Å². The Morgan fingerprint density at radius 3 is 2.26 bits per heavy atom. The Morgan fingerprint density at radius 2 is 1.62 bits per heavy atom. The maximum absolute atomic E-state index is 14.0. The van der Waals surface area contributed by atoms with Crippen molar-refractivity contribution < 1.29 is 14.4 Å². The first-order valence-corrected chi connectivity index (χ1v) is 12.4. The predicted molar refractivity (Wildman–Crippen MR) is 134 cm³/mol. The Bertz CT molecular complexity index is 1210. The van der Waals surface area contributed by atoms with Gasteiger partial charge >= 0.3 is 0 Å². The Balaban J connectivity index is 1.39. The van der Waals surface area contributed by atoms with Crippen molar-refractivity contribution in [1.29, 1.82) is 0 Å². The quantitative estimate of drug-likeness (QED) is 0.533. The molecule has 174 valence electrons. The first-order valence-electron chi connectivity index (χ1n) is 11.5. The van der Waals surface area contributed by atoms with Crippen molar-refractivity contribution in [2.45, 2.75) is 18.9 Å². The van der Waals surface area contributed by atoms with Gasteiger partial charge in [-0.1, -0.05) is 24.3 Å². The van der Waals surface area contributed by atoms with E-state index in [1.165, 1.54) is 0 Å². The van der Waals surface area contributed by atoms with Crippen LogP contribution in [0.2, 0.25) is 0 Å². The van der Waals surface area contributed by atoms with E-state index in [-0.39, 0.29) is 23.6 Å². The number of Topliss-reactive ketones (excluding diaryl/α,β-unsaturated/α-hetero) is 1. The van der Waals surface area contributed by atoms with Gasteiger partial charge in [0.15, 0.2) is 5.78 Å². The number of piperazine rings is 1. The molecule has 0 bridgehead atoms. The normalized spacial score (nSPS) is 20.3. The highest BCUT2D eigenvalue weighted by Gasteiger charge is 2.44. The van der Waals surface area contributed by atoms with Gasteiger partial charge in [0, 0.05) is 54.9 Å². The monoisotopic (exact) mass is 473 g/mol.